The molecule has 3 fully saturated rings. The van der Waals surface area contributed by atoms with Gasteiger partial charge in [-0.05, 0) is 110 Å². The van der Waals surface area contributed by atoms with E-state index in [2.05, 4.69) is 47.6 Å². The summed E-state index contributed by atoms with van der Waals surface area (Å²) in [4.78, 5) is 0. The Labute approximate surface area is 193 Å². The second kappa shape index (κ2) is 9.15. The second-order valence-corrected chi connectivity index (χ2v) is 13.3. The summed E-state index contributed by atoms with van der Waals surface area (Å²) >= 11 is 0. The molecule has 0 aliphatic heterocycles. The number of aliphatic hydroxyl groups is 1. The summed E-state index contributed by atoms with van der Waals surface area (Å²) in [5, 5.41) is 10.3. The summed E-state index contributed by atoms with van der Waals surface area (Å²) < 4.78 is 0. The first-order valence-electron chi connectivity index (χ1n) is 14.1. The van der Waals surface area contributed by atoms with Crippen molar-refractivity contribution in [1.82, 2.24) is 0 Å². The van der Waals surface area contributed by atoms with Crippen molar-refractivity contribution in [3.05, 3.63) is 11.6 Å². The van der Waals surface area contributed by atoms with E-state index in [-0.39, 0.29) is 6.10 Å². The van der Waals surface area contributed by atoms with Gasteiger partial charge in [-0.25, -0.2) is 0 Å². The van der Waals surface area contributed by atoms with Crippen molar-refractivity contribution >= 4 is 0 Å². The van der Waals surface area contributed by atoms with Crippen LogP contribution in [0.4, 0.5) is 0 Å². The van der Waals surface area contributed by atoms with Crippen LogP contribution in [0.5, 0.6) is 0 Å². The van der Waals surface area contributed by atoms with Gasteiger partial charge in [0.05, 0.1) is 6.10 Å². The standard InChI is InChI=1S/C30H52O/c1-7-8-22(20(2)3)10-9-21(4)26-13-14-27-25-12-11-23-19-24(31)15-17-29(23,5)28(25)16-18-30(26,27)6/h12,20-24,26-28,31H,7-11,13-19H2,1-6H3. The number of allylic oxidation sites excluding steroid dienone is 2. The molecule has 4 aliphatic carbocycles. The Morgan fingerprint density at radius 3 is 2.35 bits per heavy atom. The van der Waals surface area contributed by atoms with Crippen LogP contribution in [0.25, 0.3) is 0 Å². The van der Waals surface area contributed by atoms with E-state index in [0.29, 0.717) is 10.8 Å². The van der Waals surface area contributed by atoms with Crippen molar-refractivity contribution in [2.75, 3.05) is 0 Å². The van der Waals surface area contributed by atoms with E-state index in [4.69, 9.17) is 0 Å². The Morgan fingerprint density at radius 2 is 1.65 bits per heavy atom. The molecule has 9 unspecified atom stereocenters. The lowest BCUT2D eigenvalue weighted by molar-refractivity contribution is -0.0428. The molecule has 0 spiro atoms. The summed E-state index contributed by atoms with van der Waals surface area (Å²) in [6, 6.07) is 0. The largest absolute Gasteiger partial charge is 0.393 e. The van der Waals surface area contributed by atoms with Crippen LogP contribution < -0.4 is 0 Å². The highest BCUT2D eigenvalue weighted by Gasteiger charge is 2.58. The summed E-state index contributed by atoms with van der Waals surface area (Å²) in [6.45, 7) is 15.1. The molecule has 178 valence electrons. The number of fused-ring (bicyclic) bond motifs is 5. The maximum atomic E-state index is 10.3. The van der Waals surface area contributed by atoms with Gasteiger partial charge in [0.15, 0.2) is 0 Å². The highest BCUT2D eigenvalue weighted by molar-refractivity contribution is 5.27. The van der Waals surface area contributed by atoms with E-state index in [1.54, 1.807) is 0 Å². The molecule has 0 bridgehead atoms. The lowest BCUT2D eigenvalue weighted by Crippen LogP contribution is -2.49. The zero-order valence-corrected chi connectivity index (χ0v) is 21.6. The smallest absolute Gasteiger partial charge is 0.0543 e. The fraction of sp³-hybridized carbons (Fsp3) is 0.933. The molecule has 4 rings (SSSR count). The van der Waals surface area contributed by atoms with Crippen LogP contribution >= 0.6 is 0 Å². The zero-order valence-electron chi connectivity index (χ0n) is 21.6. The molecule has 0 aromatic carbocycles. The summed E-state index contributed by atoms with van der Waals surface area (Å²) in [7, 11) is 0. The minimum Gasteiger partial charge on any atom is -0.393 e. The second-order valence-electron chi connectivity index (χ2n) is 13.3. The van der Waals surface area contributed by atoms with Crippen LogP contribution in [0.3, 0.4) is 0 Å². The van der Waals surface area contributed by atoms with Gasteiger partial charge in [0.1, 0.15) is 0 Å². The van der Waals surface area contributed by atoms with Crippen molar-refractivity contribution in [3.8, 4) is 0 Å². The molecule has 0 heterocycles. The monoisotopic (exact) mass is 428 g/mol. The molecule has 0 saturated heterocycles. The minimum absolute atomic E-state index is 0.0408. The zero-order chi connectivity index (χ0) is 22.4. The molecule has 9 atom stereocenters. The van der Waals surface area contributed by atoms with E-state index < -0.39 is 0 Å². The van der Waals surface area contributed by atoms with Gasteiger partial charge in [0, 0.05) is 0 Å². The molecule has 0 aromatic heterocycles. The molecule has 1 nitrogen and oxygen atoms in total. The van der Waals surface area contributed by atoms with E-state index in [1.165, 1.54) is 64.2 Å². The predicted octanol–water partition coefficient (Wildman–Crippen LogP) is 8.41. The molecular weight excluding hydrogens is 376 g/mol. The van der Waals surface area contributed by atoms with Crippen molar-refractivity contribution in [2.24, 2.45) is 52.3 Å². The van der Waals surface area contributed by atoms with Crippen LogP contribution in [0.2, 0.25) is 0 Å². The molecule has 0 radical (unpaired) electrons. The van der Waals surface area contributed by atoms with Crippen LogP contribution in [0.15, 0.2) is 11.6 Å². The summed E-state index contributed by atoms with van der Waals surface area (Å²) in [5.74, 6) is 5.93. The molecule has 31 heavy (non-hydrogen) atoms. The summed E-state index contributed by atoms with van der Waals surface area (Å²) in [5.41, 5.74) is 2.88. The molecule has 1 heteroatoms. The van der Waals surface area contributed by atoms with E-state index in [1.807, 2.05) is 5.57 Å². The van der Waals surface area contributed by atoms with Gasteiger partial charge in [0.2, 0.25) is 0 Å². The molecule has 1 N–H and O–H groups in total. The van der Waals surface area contributed by atoms with Crippen molar-refractivity contribution in [3.63, 3.8) is 0 Å². The quantitative estimate of drug-likeness (QED) is 0.403. The van der Waals surface area contributed by atoms with Crippen LogP contribution in [-0.4, -0.2) is 11.2 Å². The van der Waals surface area contributed by atoms with Gasteiger partial charge in [0.25, 0.3) is 0 Å². The number of hydrogen-bond acceptors (Lipinski definition) is 1. The molecular formula is C30H52O. The lowest BCUT2D eigenvalue weighted by atomic mass is 9.47. The van der Waals surface area contributed by atoms with Crippen LogP contribution in [0.1, 0.15) is 119 Å². The molecule has 0 aromatic rings. The van der Waals surface area contributed by atoms with Gasteiger partial charge < -0.3 is 5.11 Å². The third-order valence-corrected chi connectivity index (χ3v) is 11.4. The van der Waals surface area contributed by atoms with E-state index in [0.717, 1.165) is 54.3 Å². The Kier molecular flexibility index (Phi) is 7.04. The third-order valence-electron chi connectivity index (χ3n) is 11.4. The Hall–Kier alpha value is -0.300. The van der Waals surface area contributed by atoms with Gasteiger partial charge in [-0.15, -0.1) is 0 Å². The SMILES string of the molecule is CCCC(CCC(C)C1CCC2C3=CCC4CC(O)CCC4(C)C3CCC21C)C(C)C. The minimum atomic E-state index is -0.0408. The normalized spacial score (nSPS) is 44.3. The number of rotatable bonds is 7. The predicted molar refractivity (Wildman–Crippen MR) is 133 cm³/mol. The van der Waals surface area contributed by atoms with Gasteiger partial charge in [-0.1, -0.05) is 72.5 Å². The topological polar surface area (TPSA) is 20.2 Å². The molecule has 3 saturated carbocycles. The third kappa shape index (κ3) is 4.20. The number of hydrogen-bond donors (Lipinski definition) is 1. The molecule has 4 aliphatic rings. The highest BCUT2D eigenvalue weighted by Crippen LogP contribution is 2.67. The Balaban J connectivity index is 1.46. The van der Waals surface area contributed by atoms with Crippen molar-refractivity contribution in [1.29, 1.82) is 0 Å². The van der Waals surface area contributed by atoms with E-state index in [9.17, 15) is 5.11 Å². The Bertz CT molecular complexity index is 649. The average molecular weight is 429 g/mol. The number of aliphatic hydroxyl groups excluding tert-OH is 1. The van der Waals surface area contributed by atoms with E-state index >= 15 is 0 Å². The summed E-state index contributed by atoms with van der Waals surface area (Å²) in [6.07, 6.45) is 18.6. The maximum Gasteiger partial charge on any atom is 0.0543 e. The van der Waals surface area contributed by atoms with Crippen molar-refractivity contribution in [2.45, 2.75) is 125 Å². The first-order chi connectivity index (χ1) is 14.7. The van der Waals surface area contributed by atoms with Gasteiger partial charge in [-0.2, -0.15) is 0 Å². The average Bonchev–Trinajstić information content (AvgIpc) is 3.08. The van der Waals surface area contributed by atoms with Gasteiger partial charge in [-0.3, -0.25) is 0 Å². The van der Waals surface area contributed by atoms with Gasteiger partial charge >= 0.3 is 0 Å². The van der Waals surface area contributed by atoms with Crippen LogP contribution in [0, 0.1) is 52.3 Å². The fourth-order valence-corrected chi connectivity index (χ4v) is 9.33. The van der Waals surface area contributed by atoms with Crippen molar-refractivity contribution < 1.29 is 5.11 Å². The van der Waals surface area contributed by atoms with Crippen LogP contribution in [-0.2, 0) is 0 Å². The first-order valence-corrected chi connectivity index (χ1v) is 14.1. The maximum absolute atomic E-state index is 10.3. The Morgan fingerprint density at radius 1 is 0.935 bits per heavy atom. The lowest BCUT2D eigenvalue weighted by Gasteiger charge is -2.57. The fourth-order valence-electron chi connectivity index (χ4n) is 9.33. The highest BCUT2D eigenvalue weighted by atomic mass is 16.3. The molecule has 0 amide bonds. The first kappa shape index (κ1) is 23.8.